The van der Waals surface area contributed by atoms with E-state index in [0.717, 1.165) is 10.8 Å². The van der Waals surface area contributed by atoms with E-state index < -0.39 is 5.91 Å². The molecule has 126 valence electrons. The number of carbonyl (C=O) groups excluding carboxylic acids is 1. The minimum Gasteiger partial charge on any atom is -0.484 e. The van der Waals surface area contributed by atoms with Gasteiger partial charge in [0.05, 0.1) is 5.71 Å². The predicted octanol–water partition coefficient (Wildman–Crippen LogP) is 3.90. The second kappa shape index (κ2) is 7.57. The highest BCUT2D eigenvalue weighted by molar-refractivity contribution is 5.99. The molecule has 0 spiro atoms. The van der Waals surface area contributed by atoms with Crippen LogP contribution in [0.4, 0.5) is 4.39 Å². The molecule has 0 atom stereocenters. The van der Waals surface area contributed by atoms with Crippen LogP contribution in [-0.4, -0.2) is 18.2 Å². The Labute approximate surface area is 144 Å². The SMILES string of the molecule is C/C(=N\NC(=O)COc1ccc2ccccc2c1)c1ccccc1F. The zero-order chi connectivity index (χ0) is 17.6. The predicted molar refractivity (Wildman–Crippen MR) is 96.2 cm³/mol. The van der Waals surface area contributed by atoms with Crippen LogP contribution in [0.15, 0.2) is 71.8 Å². The fraction of sp³-hybridized carbons (Fsp3) is 0.100. The van der Waals surface area contributed by atoms with Crippen molar-refractivity contribution in [1.82, 2.24) is 5.43 Å². The Morgan fingerprint density at radius 2 is 1.76 bits per heavy atom. The summed E-state index contributed by atoms with van der Waals surface area (Å²) in [6.07, 6.45) is 0. The highest BCUT2D eigenvalue weighted by Crippen LogP contribution is 2.20. The zero-order valence-corrected chi connectivity index (χ0v) is 13.7. The molecule has 0 saturated heterocycles. The van der Waals surface area contributed by atoms with Gasteiger partial charge in [-0.1, -0.05) is 48.5 Å². The summed E-state index contributed by atoms with van der Waals surface area (Å²) in [5, 5.41) is 6.05. The van der Waals surface area contributed by atoms with Crippen molar-refractivity contribution in [2.75, 3.05) is 6.61 Å². The molecular weight excluding hydrogens is 319 g/mol. The van der Waals surface area contributed by atoms with Gasteiger partial charge in [-0.05, 0) is 35.9 Å². The Morgan fingerprint density at radius 3 is 2.56 bits per heavy atom. The van der Waals surface area contributed by atoms with Crippen LogP contribution in [0, 0.1) is 5.82 Å². The summed E-state index contributed by atoms with van der Waals surface area (Å²) in [5.74, 6) is -0.196. The van der Waals surface area contributed by atoms with Gasteiger partial charge in [-0.15, -0.1) is 0 Å². The van der Waals surface area contributed by atoms with Gasteiger partial charge in [0.2, 0.25) is 0 Å². The normalized spacial score (nSPS) is 11.4. The molecule has 0 unspecified atom stereocenters. The second-order valence-electron chi connectivity index (χ2n) is 5.51. The van der Waals surface area contributed by atoms with E-state index in [1.807, 2.05) is 42.5 Å². The maximum Gasteiger partial charge on any atom is 0.277 e. The topological polar surface area (TPSA) is 50.7 Å². The molecule has 1 N–H and O–H groups in total. The Hall–Kier alpha value is -3.21. The van der Waals surface area contributed by atoms with E-state index in [9.17, 15) is 9.18 Å². The molecule has 0 fully saturated rings. The van der Waals surface area contributed by atoms with E-state index in [-0.39, 0.29) is 12.4 Å². The first kappa shape index (κ1) is 16.6. The third kappa shape index (κ3) is 4.20. The summed E-state index contributed by atoms with van der Waals surface area (Å²) in [5.41, 5.74) is 3.10. The quantitative estimate of drug-likeness (QED) is 0.567. The van der Waals surface area contributed by atoms with Gasteiger partial charge in [0.25, 0.3) is 5.91 Å². The smallest absolute Gasteiger partial charge is 0.277 e. The Kier molecular flexibility index (Phi) is 5.04. The third-order valence-corrected chi connectivity index (χ3v) is 3.70. The molecule has 0 heterocycles. The molecule has 0 aliphatic rings. The molecule has 4 nitrogen and oxygen atoms in total. The number of carbonyl (C=O) groups is 1. The van der Waals surface area contributed by atoms with Gasteiger partial charge < -0.3 is 4.74 Å². The molecule has 3 rings (SSSR count). The van der Waals surface area contributed by atoms with Gasteiger partial charge in [-0.25, -0.2) is 9.82 Å². The van der Waals surface area contributed by atoms with Crippen LogP contribution < -0.4 is 10.2 Å². The van der Waals surface area contributed by atoms with Crippen molar-refractivity contribution in [3.63, 3.8) is 0 Å². The molecular formula is C20H17FN2O2. The van der Waals surface area contributed by atoms with Crippen LogP contribution in [0.3, 0.4) is 0 Å². The lowest BCUT2D eigenvalue weighted by molar-refractivity contribution is -0.123. The van der Waals surface area contributed by atoms with Gasteiger partial charge in [0.15, 0.2) is 6.61 Å². The highest BCUT2D eigenvalue weighted by atomic mass is 19.1. The number of fused-ring (bicyclic) bond motifs is 1. The zero-order valence-electron chi connectivity index (χ0n) is 13.7. The molecule has 0 aliphatic heterocycles. The lowest BCUT2D eigenvalue weighted by Crippen LogP contribution is -2.25. The van der Waals surface area contributed by atoms with Crippen molar-refractivity contribution < 1.29 is 13.9 Å². The fourth-order valence-electron chi connectivity index (χ4n) is 2.40. The Bertz CT molecular complexity index is 938. The largest absolute Gasteiger partial charge is 0.484 e. The average molecular weight is 336 g/mol. The third-order valence-electron chi connectivity index (χ3n) is 3.70. The molecule has 0 saturated carbocycles. The number of rotatable bonds is 5. The van der Waals surface area contributed by atoms with Crippen molar-refractivity contribution in [3.05, 3.63) is 78.1 Å². The molecule has 0 radical (unpaired) electrons. The number of halogens is 1. The minimum atomic E-state index is -0.413. The Morgan fingerprint density at radius 1 is 1.04 bits per heavy atom. The number of hydrogen-bond acceptors (Lipinski definition) is 3. The monoisotopic (exact) mass is 336 g/mol. The van der Waals surface area contributed by atoms with Crippen molar-refractivity contribution in [2.45, 2.75) is 6.92 Å². The van der Waals surface area contributed by atoms with Crippen LogP contribution in [-0.2, 0) is 4.79 Å². The molecule has 5 heteroatoms. The van der Waals surface area contributed by atoms with E-state index in [0.29, 0.717) is 17.0 Å². The maximum absolute atomic E-state index is 13.6. The molecule has 0 aliphatic carbocycles. The number of hydrazone groups is 1. The van der Waals surface area contributed by atoms with Gasteiger partial charge in [0.1, 0.15) is 11.6 Å². The summed E-state index contributed by atoms with van der Waals surface area (Å²) < 4.78 is 19.1. The van der Waals surface area contributed by atoms with Crippen LogP contribution in [0.5, 0.6) is 5.75 Å². The summed E-state index contributed by atoms with van der Waals surface area (Å²) in [6, 6.07) is 19.8. The average Bonchev–Trinajstić information content (AvgIpc) is 2.64. The number of hydrogen-bond donors (Lipinski definition) is 1. The fourth-order valence-corrected chi connectivity index (χ4v) is 2.40. The number of ether oxygens (including phenoxy) is 1. The van der Waals surface area contributed by atoms with Gasteiger partial charge in [-0.2, -0.15) is 5.10 Å². The number of benzene rings is 3. The molecule has 1 amide bonds. The van der Waals surface area contributed by atoms with Crippen molar-refractivity contribution in [3.8, 4) is 5.75 Å². The second-order valence-corrected chi connectivity index (χ2v) is 5.51. The first-order valence-corrected chi connectivity index (χ1v) is 7.83. The summed E-state index contributed by atoms with van der Waals surface area (Å²) in [4.78, 5) is 11.9. The maximum atomic E-state index is 13.6. The van der Waals surface area contributed by atoms with Crippen molar-refractivity contribution in [2.24, 2.45) is 5.10 Å². The number of nitrogens with zero attached hydrogens (tertiary/aromatic N) is 1. The summed E-state index contributed by atoms with van der Waals surface area (Å²) in [6.45, 7) is 1.45. The molecule has 0 bridgehead atoms. The first-order valence-electron chi connectivity index (χ1n) is 7.83. The van der Waals surface area contributed by atoms with Gasteiger partial charge in [0, 0.05) is 5.56 Å². The van der Waals surface area contributed by atoms with Crippen molar-refractivity contribution >= 4 is 22.4 Å². The summed E-state index contributed by atoms with van der Waals surface area (Å²) >= 11 is 0. The van der Waals surface area contributed by atoms with Crippen LogP contribution in [0.2, 0.25) is 0 Å². The summed E-state index contributed by atoms with van der Waals surface area (Å²) in [7, 11) is 0. The van der Waals surface area contributed by atoms with E-state index in [4.69, 9.17) is 4.74 Å². The van der Waals surface area contributed by atoms with Crippen molar-refractivity contribution in [1.29, 1.82) is 0 Å². The van der Waals surface area contributed by atoms with E-state index >= 15 is 0 Å². The Balaban J connectivity index is 1.59. The molecule has 3 aromatic carbocycles. The number of amides is 1. The van der Waals surface area contributed by atoms with Gasteiger partial charge in [-0.3, -0.25) is 4.79 Å². The lowest BCUT2D eigenvalue weighted by atomic mass is 10.1. The van der Waals surface area contributed by atoms with E-state index in [2.05, 4.69) is 10.5 Å². The first-order chi connectivity index (χ1) is 12.1. The molecule has 25 heavy (non-hydrogen) atoms. The molecule has 3 aromatic rings. The van der Waals surface area contributed by atoms with Crippen LogP contribution in [0.25, 0.3) is 10.8 Å². The van der Waals surface area contributed by atoms with Crippen LogP contribution in [0.1, 0.15) is 12.5 Å². The minimum absolute atomic E-state index is 0.174. The highest BCUT2D eigenvalue weighted by Gasteiger charge is 2.06. The lowest BCUT2D eigenvalue weighted by Gasteiger charge is -2.07. The van der Waals surface area contributed by atoms with E-state index in [1.54, 1.807) is 25.1 Å². The molecule has 0 aromatic heterocycles. The van der Waals surface area contributed by atoms with E-state index in [1.165, 1.54) is 6.07 Å². The van der Waals surface area contributed by atoms with Crippen LogP contribution >= 0.6 is 0 Å². The standard InChI is InChI=1S/C20H17FN2O2/c1-14(18-8-4-5-9-19(18)21)22-23-20(24)13-25-17-11-10-15-6-2-3-7-16(15)12-17/h2-12H,13H2,1H3,(H,23,24)/b22-14+. The van der Waals surface area contributed by atoms with Gasteiger partial charge >= 0.3 is 0 Å². The number of nitrogens with one attached hydrogen (secondary N) is 1.